The molecule has 3 rings (SSSR count). The molecule has 2 heterocycles. The van der Waals surface area contributed by atoms with Crippen LogP contribution < -0.4 is 5.32 Å². The third-order valence-electron chi connectivity index (χ3n) is 3.42. The third-order valence-corrected chi connectivity index (χ3v) is 3.42. The molecule has 0 bridgehead atoms. The highest BCUT2D eigenvalue weighted by Crippen LogP contribution is 2.35. The molecule has 8 heteroatoms. The summed E-state index contributed by atoms with van der Waals surface area (Å²) in [4.78, 5) is 12.3. The summed E-state index contributed by atoms with van der Waals surface area (Å²) in [6.45, 7) is 3.81. The first-order valence-electron chi connectivity index (χ1n) is 6.83. The molecule has 0 unspecified atom stereocenters. The molecule has 1 aliphatic heterocycles. The van der Waals surface area contributed by atoms with Crippen molar-refractivity contribution in [2.24, 2.45) is 0 Å². The van der Waals surface area contributed by atoms with Crippen LogP contribution in [0.1, 0.15) is 25.5 Å². The van der Waals surface area contributed by atoms with Gasteiger partial charge in [0.2, 0.25) is 5.95 Å². The molecule has 0 saturated carbocycles. The van der Waals surface area contributed by atoms with E-state index in [4.69, 9.17) is 4.74 Å². The lowest BCUT2D eigenvalue weighted by molar-refractivity contribution is -0.139. The predicted molar refractivity (Wildman–Crippen MR) is 77.0 cm³/mol. The molecule has 8 nitrogen and oxygen atoms in total. The summed E-state index contributed by atoms with van der Waals surface area (Å²) < 4.78 is 6.67. The van der Waals surface area contributed by atoms with Crippen molar-refractivity contribution < 1.29 is 14.6 Å². The first kappa shape index (κ1) is 14.1. The second kappa shape index (κ2) is 5.47. The van der Waals surface area contributed by atoms with Gasteiger partial charge in [0.25, 0.3) is 0 Å². The van der Waals surface area contributed by atoms with Crippen molar-refractivity contribution in [1.29, 1.82) is 0 Å². The zero-order valence-corrected chi connectivity index (χ0v) is 12.1. The summed E-state index contributed by atoms with van der Waals surface area (Å²) in [5.74, 6) is 0.170. The van der Waals surface area contributed by atoms with Crippen LogP contribution in [-0.4, -0.2) is 37.9 Å². The maximum atomic E-state index is 12.3. The monoisotopic (exact) mass is 301 g/mol. The number of anilines is 1. The number of carbonyl (C=O) groups is 1. The average Bonchev–Trinajstić information content (AvgIpc) is 2.94. The molecule has 1 aromatic heterocycles. The molecular formula is C14H15N5O3. The Bertz CT molecular complexity index is 735. The molecule has 0 radical (unpaired) electrons. The van der Waals surface area contributed by atoms with E-state index in [1.165, 1.54) is 4.68 Å². The number of tetrazole rings is 1. The number of nitrogens with one attached hydrogen (secondary N) is 1. The molecule has 1 aromatic carbocycles. The molecule has 0 fully saturated rings. The number of ether oxygens (including phenoxy) is 1. The quantitative estimate of drug-likeness (QED) is 0.822. The van der Waals surface area contributed by atoms with E-state index in [2.05, 4.69) is 20.8 Å². The summed E-state index contributed by atoms with van der Waals surface area (Å²) in [5.41, 5.74) is 1.85. The zero-order chi connectivity index (χ0) is 15.7. The number of phenolic OH excluding ortho intramolecular Hbond substituents is 1. The van der Waals surface area contributed by atoms with Crippen LogP contribution in [0.15, 0.2) is 35.5 Å². The number of nitrogens with zero attached hydrogens (tertiary/aromatic N) is 4. The molecule has 0 spiro atoms. The van der Waals surface area contributed by atoms with Crippen molar-refractivity contribution >= 4 is 11.9 Å². The molecule has 1 atom stereocenters. The van der Waals surface area contributed by atoms with Crippen LogP contribution in [0.5, 0.6) is 5.75 Å². The Balaban J connectivity index is 2.13. The molecule has 1 aliphatic rings. The predicted octanol–water partition coefficient (Wildman–Crippen LogP) is 1.23. The van der Waals surface area contributed by atoms with Crippen LogP contribution in [0.25, 0.3) is 0 Å². The first-order chi connectivity index (χ1) is 10.6. The number of hydrogen-bond acceptors (Lipinski definition) is 7. The van der Waals surface area contributed by atoms with E-state index in [1.807, 2.05) is 0 Å². The fourth-order valence-corrected chi connectivity index (χ4v) is 2.45. The third kappa shape index (κ3) is 2.28. The first-order valence-corrected chi connectivity index (χ1v) is 6.83. The molecule has 2 N–H and O–H groups in total. The maximum absolute atomic E-state index is 12.3. The van der Waals surface area contributed by atoms with Gasteiger partial charge in [-0.3, -0.25) is 0 Å². The smallest absolute Gasteiger partial charge is 0.338 e. The van der Waals surface area contributed by atoms with Gasteiger partial charge in [-0.15, -0.1) is 0 Å². The van der Waals surface area contributed by atoms with Crippen LogP contribution in [0.4, 0.5) is 5.95 Å². The van der Waals surface area contributed by atoms with Crippen molar-refractivity contribution in [3.63, 3.8) is 0 Å². The summed E-state index contributed by atoms with van der Waals surface area (Å²) >= 11 is 0. The molecule has 114 valence electrons. The van der Waals surface area contributed by atoms with Gasteiger partial charge in [0, 0.05) is 5.70 Å². The second-order valence-electron chi connectivity index (χ2n) is 4.83. The van der Waals surface area contributed by atoms with E-state index in [0.29, 0.717) is 17.2 Å². The number of aromatic hydroxyl groups is 1. The standard InChI is InChI=1S/C14H15N5O3/c1-3-22-13(21)11-8(2)15-14-16-17-18-19(14)12(11)9-4-6-10(20)7-5-9/h4-7,12,20H,3H2,1-2H3,(H,15,16,18)/t12-/m0/s1. The Kier molecular flexibility index (Phi) is 3.50. The normalized spacial score (nSPS) is 16.9. The second-order valence-corrected chi connectivity index (χ2v) is 4.83. The summed E-state index contributed by atoms with van der Waals surface area (Å²) in [6, 6.07) is 6.05. The SMILES string of the molecule is CCOC(=O)C1=C(C)Nc2nnnn2[C@H]1c1ccc(O)cc1. The summed E-state index contributed by atoms with van der Waals surface area (Å²) in [7, 11) is 0. The number of benzene rings is 1. The van der Waals surface area contributed by atoms with Crippen LogP contribution in [0.3, 0.4) is 0 Å². The van der Waals surface area contributed by atoms with Crippen molar-refractivity contribution in [2.45, 2.75) is 19.9 Å². The molecule has 2 aromatic rings. The van der Waals surface area contributed by atoms with Crippen molar-refractivity contribution in [2.75, 3.05) is 11.9 Å². The summed E-state index contributed by atoms with van der Waals surface area (Å²) in [5, 5.41) is 23.9. The Morgan fingerprint density at radius 2 is 2.14 bits per heavy atom. The lowest BCUT2D eigenvalue weighted by Crippen LogP contribution is -2.29. The minimum absolute atomic E-state index is 0.146. The number of carbonyl (C=O) groups excluding carboxylic acids is 1. The average molecular weight is 301 g/mol. The molecule has 0 amide bonds. The van der Waals surface area contributed by atoms with Gasteiger partial charge < -0.3 is 15.2 Å². The Hall–Kier alpha value is -2.90. The van der Waals surface area contributed by atoms with E-state index in [9.17, 15) is 9.90 Å². The molecule has 0 saturated heterocycles. The van der Waals surface area contributed by atoms with Gasteiger partial charge in [-0.1, -0.05) is 17.2 Å². The van der Waals surface area contributed by atoms with E-state index >= 15 is 0 Å². The van der Waals surface area contributed by atoms with Crippen molar-refractivity contribution in [1.82, 2.24) is 20.2 Å². The van der Waals surface area contributed by atoms with Gasteiger partial charge >= 0.3 is 5.97 Å². The van der Waals surface area contributed by atoms with Gasteiger partial charge in [-0.25, -0.2) is 4.79 Å². The van der Waals surface area contributed by atoms with Gasteiger partial charge in [-0.2, -0.15) is 4.68 Å². The zero-order valence-electron chi connectivity index (χ0n) is 12.1. The van der Waals surface area contributed by atoms with Crippen LogP contribution in [0, 0.1) is 0 Å². The van der Waals surface area contributed by atoms with E-state index in [1.54, 1.807) is 38.1 Å². The topological polar surface area (TPSA) is 102 Å². The highest BCUT2D eigenvalue weighted by Gasteiger charge is 2.34. The van der Waals surface area contributed by atoms with Gasteiger partial charge in [0.15, 0.2) is 0 Å². The van der Waals surface area contributed by atoms with Crippen LogP contribution in [-0.2, 0) is 9.53 Å². The van der Waals surface area contributed by atoms with E-state index in [0.717, 1.165) is 5.56 Å². The van der Waals surface area contributed by atoms with Crippen LogP contribution >= 0.6 is 0 Å². The Labute approximate surface area is 126 Å². The number of aromatic nitrogens is 4. The highest BCUT2D eigenvalue weighted by molar-refractivity contribution is 5.92. The number of allylic oxidation sites excluding steroid dienone is 1. The lowest BCUT2D eigenvalue weighted by atomic mass is 9.96. The van der Waals surface area contributed by atoms with Crippen LogP contribution in [0.2, 0.25) is 0 Å². The number of esters is 1. The minimum atomic E-state index is -0.508. The van der Waals surface area contributed by atoms with Crippen molar-refractivity contribution in [3.8, 4) is 5.75 Å². The highest BCUT2D eigenvalue weighted by atomic mass is 16.5. The van der Waals surface area contributed by atoms with E-state index in [-0.39, 0.29) is 12.4 Å². The number of hydrogen-bond donors (Lipinski definition) is 2. The minimum Gasteiger partial charge on any atom is -0.508 e. The maximum Gasteiger partial charge on any atom is 0.338 e. The number of phenols is 1. The van der Waals surface area contributed by atoms with Gasteiger partial charge in [-0.05, 0) is 42.0 Å². The van der Waals surface area contributed by atoms with E-state index < -0.39 is 12.0 Å². The lowest BCUT2D eigenvalue weighted by Gasteiger charge is -2.27. The largest absolute Gasteiger partial charge is 0.508 e. The molecule has 0 aliphatic carbocycles. The Morgan fingerprint density at radius 3 is 2.82 bits per heavy atom. The fourth-order valence-electron chi connectivity index (χ4n) is 2.45. The summed E-state index contributed by atoms with van der Waals surface area (Å²) in [6.07, 6.45) is 0. The van der Waals surface area contributed by atoms with Gasteiger partial charge in [0.05, 0.1) is 12.2 Å². The molecule has 22 heavy (non-hydrogen) atoms. The molecular weight excluding hydrogens is 286 g/mol. The number of fused-ring (bicyclic) bond motifs is 1. The fraction of sp³-hybridized carbons (Fsp3) is 0.286. The number of rotatable bonds is 3. The van der Waals surface area contributed by atoms with Crippen molar-refractivity contribution in [3.05, 3.63) is 41.1 Å². The van der Waals surface area contributed by atoms with Gasteiger partial charge in [0.1, 0.15) is 11.8 Å². The Morgan fingerprint density at radius 1 is 1.41 bits per heavy atom.